The van der Waals surface area contributed by atoms with Gasteiger partial charge in [0.1, 0.15) is 5.75 Å². The molecule has 0 N–H and O–H groups in total. The number of alkyl halides is 3. The van der Waals surface area contributed by atoms with Crippen LogP contribution >= 0.6 is 0 Å². The Bertz CT molecular complexity index is 595. The van der Waals surface area contributed by atoms with Crippen molar-refractivity contribution in [3.8, 4) is 16.9 Å². The molecule has 0 bridgehead atoms. The first-order valence-electron chi connectivity index (χ1n) is 5.29. The van der Waals surface area contributed by atoms with Crippen LogP contribution in [0.2, 0.25) is 0 Å². The number of hydrogen-bond acceptors (Lipinski definition) is 2. The SMILES string of the molecule is COc1cnc(F)cc1-c1ccccc1C(F)(F)F. The Balaban J connectivity index is 2.69. The van der Waals surface area contributed by atoms with E-state index < -0.39 is 17.7 Å². The zero-order valence-electron chi connectivity index (χ0n) is 9.83. The van der Waals surface area contributed by atoms with Gasteiger partial charge in [0, 0.05) is 11.6 Å². The van der Waals surface area contributed by atoms with Gasteiger partial charge in [0.25, 0.3) is 0 Å². The summed E-state index contributed by atoms with van der Waals surface area (Å²) in [7, 11) is 1.29. The summed E-state index contributed by atoms with van der Waals surface area (Å²) >= 11 is 0. The van der Waals surface area contributed by atoms with Crippen LogP contribution in [0.1, 0.15) is 5.56 Å². The minimum absolute atomic E-state index is 0.0166. The van der Waals surface area contributed by atoms with E-state index in [0.29, 0.717) is 0 Å². The van der Waals surface area contributed by atoms with Gasteiger partial charge in [0.2, 0.25) is 5.95 Å². The normalized spacial score (nSPS) is 11.4. The third-order valence-electron chi connectivity index (χ3n) is 2.58. The minimum Gasteiger partial charge on any atom is -0.494 e. The fourth-order valence-electron chi connectivity index (χ4n) is 1.76. The number of nitrogens with zero attached hydrogens (tertiary/aromatic N) is 1. The molecule has 19 heavy (non-hydrogen) atoms. The van der Waals surface area contributed by atoms with Crippen LogP contribution in [0.25, 0.3) is 11.1 Å². The molecule has 1 heterocycles. The average Bonchev–Trinajstić information content (AvgIpc) is 2.37. The summed E-state index contributed by atoms with van der Waals surface area (Å²) in [4.78, 5) is 3.36. The molecule has 1 aromatic carbocycles. The first-order chi connectivity index (χ1) is 8.93. The molecular formula is C13H9F4NO. The fourth-order valence-corrected chi connectivity index (χ4v) is 1.76. The quantitative estimate of drug-likeness (QED) is 0.610. The van der Waals surface area contributed by atoms with E-state index in [0.717, 1.165) is 18.3 Å². The molecule has 0 atom stereocenters. The summed E-state index contributed by atoms with van der Waals surface area (Å²) in [6.07, 6.45) is -3.47. The van der Waals surface area contributed by atoms with E-state index in [2.05, 4.69) is 4.98 Å². The summed E-state index contributed by atoms with van der Waals surface area (Å²) < 4.78 is 56.8. The molecular weight excluding hydrogens is 262 g/mol. The second kappa shape index (κ2) is 4.87. The molecule has 0 saturated carbocycles. The summed E-state index contributed by atoms with van der Waals surface area (Å²) in [5.41, 5.74) is -0.977. The molecule has 100 valence electrons. The van der Waals surface area contributed by atoms with Gasteiger partial charge in [-0.2, -0.15) is 17.6 Å². The molecule has 0 aliphatic rings. The maximum atomic E-state index is 13.1. The molecule has 2 nitrogen and oxygen atoms in total. The monoisotopic (exact) mass is 271 g/mol. The second-order valence-corrected chi connectivity index (χ2v) is 3.75. The maximum absolute atomic E-state index is 13.1. The molecule has 0 amide bonds. The van der Waals surface area contributed by atoms with E-state index >= 15 is 0 Å². The maximum Gasteiger partial charge on any atom is 0.417 e. The van der Waals surface area contributed by atoms with Crippen LogP contribution in [0, 0.1) is 5.95 Å². The Kier molecular flexibility index (Phi) is 3.42. The smallest absolute Gasteiger partial charge is 0.417 e. The van der Waals surface area contributed by atoms with E-state index in [1.165, 1.54) is 25.3 Å². The fraction of sp³-hybridized carbons (Fsp3) is 0.154. The molecule has 0 aliphatic carbocycles. The van der Waals surface area contributed by atoms with E-state index in [4.69, 9.17) is 4.74 Å². The van der Waals surface area contributed by atoms with Crippen molar-refractivity contribution in [1.82, 2.24) is 4.98 Å². The average molecular weight is 271 g/mol. The molecule has 6 heteroatoms. The summed E-state index contributed by atoms with van der Waals surface area (Å²) in [5, 5.41) is 0. The van der Waals surface area contributed by atoms with Crippen molar-refractivity contribution in [1.29, 1.82) is 0 Å². The third kappa shape index (κ3) is 2.67. The van der Waals surface area contributed by atoms with Gasteiger partial charge in [0.05, 0.1) is 18.9 Å². The zero-order valence-corrected chi connectivity index (χ0v) is 9.83. The molecule has 0 radical (unpaired) electrons. The lowest BCUT2D eigenvalue weighted by Crippen LogP contribution is -2.07. The minimum atomic E-state index is -4.53. The van der Waals surface area contributed by atoms with E-state index in [1.54, 1.807) is 0 Å². The van der Waals surface area contributed by atoms with Crippen molar-refractivity contribution >= 4 is 0 Å². The van der Waals surface area contributed by atoms with Crippen LogP contribution in [0.4, 0.5) is 17.6 Å². The Morgan fingerprint density at radius 3 is 2.42 bits per heavy atom. The van der Waals surface area contributed by atoms with Gasteiger partial charge in [0.15, 0.2) is 0 Å². The summed E-state index contributed by atoms with van der Waals surface area (Å²) in [6, 6.07) is 5.84. The van der Waals surface area contributed by atoms with E-state index in [9.17, 15) is 17.6 Å². The van der Waals surface area contributed by atoms with Gasteiger partial charge in [-0.3, -0.25) is 0 Å². The van der Waals surface area contributed by atoms with Gasteiger partial charge in [-0.05, 0) is 11.6 Å². The van der Waals surface area contributed by atoms with Gasteiger partial charge in [-0.25, -0.2) is 4.98 Å². The number of halogens is 4. The Morgan fingerprint density at radius 1 is 1.11 bits per heavy atom. The highest BCUT2D eigenvalue weighted by Gasteiger charge is 2.34. The number of ether oxygens (including phenoxy) is 1. The van der Waals surface area contributed by atoms with Gasteiger partial charge in [-0.15, -0.1) is 0 Å². The third-order valence-corrected chi connectivity index (χ3v) is 2.58. The lowest BCUT2D eigenvalue weighted by Gasteiger charge is -2.14. The highest BCUT2D eigenvalue weighted by Crippen LogP contribution is 2.39. The Labute approximate surface area is 106 Å². The number of methoxy groups -OCH3 is 1. The predicted octanol–water partition coefficient (Wildman–Crippen LogP) is 3.92. The summed E-state index contributed by atoms with van der Waals surface area (Å²) in [6.45, 7) is 0. The molecule has 0 spiro atoms. The van der Waals surface area contributed by atoms with Crippen LogP contribution in [-0.2, 0) is 6.18 Å². The van der Waals surface area contributed by atoms with Crippen LogP contribution in [0.15, 0.2) is 36.5 Å². The largest absolute Gasteiger partial charge is 0.494 e. The van der Waals surface area contributed by atoms with Crippen molar-refractivity contribution in [2.75, 3.05) is 7.11 Å². The number of rotatable bonds is 2. The van der Waals surface area contributed by atoms with E-state index in [1.807, 2.05) is 0 Å². The van der Waals surface area contributed by atoms with Crippen molar-refractivity contribution in [2.45, 2.75) is 6.18 Å². The number of benzene rings is 1. The van der Waals surface area contributed by atoms with Crippen molar-refractivity contribution in [3.63, 3.8) is 0 Å². The van der Waals surface area contributed by atoms with Gasteiger partial charge >= 0.3 is 6.18 Å². The molecule has 2 aromatic rings. The Morgan fingerprint density at radius 2 is 1.79 bits per heavy atom. The molecule has 0 unspecified atom stereocenters. The molecule has 2 rings (SSSR count). The topological polar surface area (TPSA) is 22.1 Å². The highest BCUT2D eigenvalue weighted by molar-refractivity contribution is 5.73. The van der Waals surface area contributed by atoms with E-state index in [-0.39, 0.29) is 16.9 Å². The first-order valence-corrected chi connectivity index (χ1v) is 5.29. The standard InChI is InChI=1S/C13H9F4NO/c1-19-11-7-18-12(14)6-9(11)8-4-2-3-5-10(8)13(15,16)17/h2-7H,1H3. The summed E-state index contributed by atoms with van der Waals surface area (Å²) in [5.74, 6) is -0.786. The Hall–Kier alpha value is -2.11. The molecule has 0 fully saturated rings. The second-order valence-electron chi connectivity index (χ2n) is 3.75. The lowest BCUT2D eigenvalue weighted by atomic mass is 9.99. The van der Waals surface area contributed by atoms with Crippen LogP contribution in [0.5, 0.6) is 5.75 Å². The van der Waals surface area contributed by atoms with Crippen LogP contribution in [-0.4, -0.2) is 12.1 Å². The van der Waals surface area contributed by atoms with Crippen molar-refractivity contribution in [2.24, 2.45) is 0 Å². The first kappa shape index (κ1) is 13.3. The van der Waals surface area contributed by atoms with Gasteiger partial charge < -0.3 is 4.74 Å². The predicted molar refractivity (Wildman–Crippen MR) is 61.2 cm³/mol. The number of hydrogen-bond donors (Lipinski definition) is 0. The zero-order chi connectivity index (χ0) is 14.0. The molecule has 0 saturated heterocycles. The van der Waals surface area contributed by atoms with Crippen molar-refractivity contribution < 1.29 is 22.3 Å². The van der Waals surface area contributed by atoms with Crippen LogP contribution < -0.4 is 4.74 Å². The van der Waals surface area contributed by atoms with Crippen molar-refractivity contribution in [3.05, 3.63) is 48.0 Å². The molecule has 0 aliphatic heterocycles. The lowest BCUT2D eigenvalue weighted by molar-refractivity contribution is -0.137. The number of pyridine rings is 1. The van der Waals surface area contributed by atoms with Gasteiger partial charge in [-0.1, -0.05) is 18.2 Å². The molecule has 1 aromatic heterocycles. The highest BCUT2D eigenvalue weighted by atomic mass is 19.4. The number of aromatic nitrogens is 1. The van der Waals surface area contributed by atoms with Crippen LogP contribution in [0.3, 0.4) is 0 Å².